The number of carbonyl (C=O) groups is 2. The van der Waals surface area contributed by atoms with E-state index < -0.39 is 0 Å². The molecule has 1 amide bonds. The lowest BCUT2D eigenvalue weighted by atomic mass is 10.0. The topological polar surface area (TPSA) is 55.8 Å². The van der Waals surface area contributed by atoms with Gasteiger partial charge in [-0.15, -0.1) is 0 Å². The second kappa shape index (κ2) is 9.59. The summed E-state index contributed by atoms with van der Waals surface area (Å²) in [5.41, 5.74) is 3.03. The van der Waals surface area contributed by atoms with Gasteiger partial charge in [-0.3, -0.25) is 9.59 Å². The Hall–Kier alpha value is -2.82. The second-order valence-electron chi connectivity index (χ2n) is 7.53. The Morgan fingerprint density at radius 1 is 1.14 bits per heavy atom. The van der Waals surface area contributed by atoms with Crippen molar-refractivity contribution in [3.8, 4) is 11.5 Å². The second-order valence-corrected chi connectivity index (χ2v) is 7.53. The van der Waals surface area contributed by atoms with Gasteiger partial charge < -0.3 is 14.4 Å². The van der Waals surface area contributed by atoms with Crippen molar-refractivity contribution in [2.45, 2.75) is 45.6 Å². The van der Waals surface area contributed by atoms with Crippen LogP contribution in [-0.4, -0.2) is 36.9 Å². The van der Waals surface area contributed by atoms with Crippen molar-refractivity contribution in [2.24, 2.45) is 0 Å². The van der Waals surface area contributed by atoms with Crippen molar-refractivity contribution in [1.29, 1.82) is 0 Å². The molecule has 0 radical (unpaired) electrons. The largest absolute Gasteiger partial charge is 0.493 e. The zero-order valence-corrected chi connectivity index (χ0v) is 17.4. The smallest absolute Gasteiger partial charge is 0.223 e. The van der Waals surface area contributed by atoms with Gasteiger partial charge >= 0.3 is 0 Å². The maximum absolute atomic E-state index is 12.8. The Kier molecular flexibility index (Phi) is 6.91. The maximum atomic E-state index is 12.8. The zero-order chi connectivity index (χ0) is 20.8. The molecular weight excluding hydrogens is 366 g/mol. The van der Waals surface area contributed by atoms with Crippen LogP contribution >= 0.6 is 0 Å². The van der Waals surface area contributed by atoms with E-state index in [1.54, 1.807) is 25.3 Å². The molecule has 1 fully saturated rings. The third kappa shape index (κ3) is 5.17. The fourth-order valence-electron chi connectivity index (χ4n) is 3.84. The maximum Gasteiger partial charge on any atom is 0.223 e. The highest BCUT2D eigenvalue weighted by Crippen LogP contribution is 2.33. The molecule has 1 aliphatic rings. The summed E-state index contributed by atoms with van der Waals surface area (Å²) in [4.78, 5) is 26.3. The molecule has 1 atom stereocenters. The number of hydrogen-bond acceptors (Lipinski definition) is 4. The Balaban J connectivity index is 1.53. The first kappa shape index (κ1) is 20.9. The van der Waals surface area contributed by atoms with Crippen molar-refractivity contribution in [2.75, 3.05) is 20.3 Å². The fraction of sp³-hybridized carbons (Fsp3) is 0.417. The fourth-order valence-corrected chi connectivity index (χ4v) is 3.84. The molecule has 5 nitrogen and oxygen atoms in total. The molecule has 0 saturated carbocycles. The molecule has 0 spiro atoms. The molecule has 0 N–H and O–H groups in total. The van der Waals surface area contributed by atoms with Crippen molar-refractivity contribution in [3.63, 3.8) is 0 Å². The molecular formula is C24H29NO4. The number of nitrogens with zero attached hydrogens (tertiary/aromatic N) is 1. The summed E-state index contributed by atoms with van der Waals surface area (Å²) in [7, 11) is 1.55. The SMILES string of the molecule is COc1cc(C(C)=O)ccc1OCCCC(=O)N1CCCC1c1cccc(C)c1. The summed E-state index contributed by atoms with van der Waals surface area (Å²) >= 11 is 0. The van der Waals surface area contributed by atoms with Crippen molar-refractivity contribution in [3.05, 3.63) is 59.2 Å². The van der Waals surface area contributed by atoms with Crippen LogP contribution in [-0.2, 0) is 4.79 Å². The highest BCUT2D eigenvalue weighted by molar-refractivity contribution is 5.94. The Morgan fingerprint density at radius 3 is 2.69 bits per heavy atom. The number of amides is 1. The monoisotopic (exact) mass is 395 g/mol. The van der Waals surface area contributed by atoms with Gasteiger partial charge in [-0.05, 0) is 56.9 Å². The number of ether oxygens (including phenoxy) is 2. The van der Waals surface area contributed by atoms with Gasteiger partial charge in [-0.1, -0.05) is 29.8 Å². The number of aryl methyl sites for hydroxylation is 1. The average molecular weight is 395 g/mol. The Labute approximate surface area is 172 Å². The van der Waals surface area contributed by atoms with E-state index in [0.717, 1.165) is 19.4 Å². The molecule has 0 aliphatic carbocycles. The molecule has 3 rings (SSSR count). The van der Waals surface area contributed by atoms with E-state index in [4.69, 9.17) is 9.47 Å². The van der Waals surface area contributed by atoms with Crippen molar-refractivity contribution < 1.29 is 19.1 Å². The first-order chi connectivity index (χ1) is 14.0. The van der Waals surface area contributed by atoms with Gasteiger partial charge in [0.15, 0.2) is 17.3 Å². The van der Waals surface area contributed by atoms with E-state index in [1.165, 1.54) is 18.1 Å². The van der Waals surface area contributed by atoms with E-state index in [9.17, 15) is 9.59 Å². The van der Waals surface area contributed by atoms with Crippen LogP contribution in [0.3, 0.4) is 0 Å². The number of methoxy groups -OCH3 is 1. The van der Waals surface area contributed by atoms with Crippen LogP contribution in [0.5, 0.6) is 11.5 Å². The number of Topliss-reactive ketones (excluding diaryl/α,β-unsaturated/α-hetero) is 1. The average Bonchev–Trinajstić information content (AvgIpc) is 3.21. The molecule has 2 aromatic rings. The molecule has 2 aromatic carbocycles. The molecule has 0 bridgehead atoms. The van der Waals surface area contributed by atoms with Gasteiger partial charge in [0, 0.05) is 18.5 Å². The third-order valence-corrected chi connectivity index (χ3v) is 5.36. The van der Waals surface area contributed by atoms with Crippen LogP contribution in [0.1, 0.15) is 60.1 Å². The van der Waals surface area contributed by atoms with Crippen molar-refractivity contribution in [1.82, 2.24) is 4.90 Å². The minimum absolute atomic E-state index is 0.0192. The summed E-state index contributed by atoms with van der Waals surface area (Å²) < 4.78 is 11.1. The first-order valence-electron chi connectivity index (χ1n) is 10.2. The van der Waals surface area contributed by atoms with E-state index in [-0.39, 0.29) is 17.7 Å². The minimum atomic E-state index is -0.0192. The van der Waals surface area contributed by atoms with Gasteiger partial charge in [0.1, 0.15) is 0 Å². The van der Waals surface area contributed by atoms with Crippen molar-refractivity contribution >= 4 is 11.7 Å². The van der Waals surface area contributed by atoms with Crippen LogP contribution < -0.4 is 9.47 Å². The van der Waals surface area contributed by atoms with E-state index in [0.29, 0.717) is 36.5 Å². The molecule has 1 aliphatic heterocycles. The third-order valence-electron chi connectivity index (χ3n) is 5.36. The molecule has 1 heterocycles. The van der Waals surface area contributed by atoms with Gasteiger partial charge in [0.05, 0.1) is 19.8 Å². The predicted molar refractivity (Wildman–Crippen MR) is 113 cm³/mol. The highest BCUT2D eigenvalue weighted by Gasteiger charge is 2.29. The zero-order valence-electron chi connectivity index (χ0n) is 17.4. The summed E-state index contributed by atoms with van der Waals surface area (Å²) in [5, 5.41) is 0. The van der Waals surface area contributed by atoms with Crippen LogP contribution in [0.25, 0.3) is 0 Å². The molecule has 0 aromatic heterocycles. The molecule has 29 heavy (non-hydrogen) atoms. The summed E-state index contributed by atoms with van der Waals surface area (Å²) in [5.74, 6) is 1.28. The number of rotatable bonds is 8. The molecule has 154 valence electrons. The van der Waals surface area contributed by atoms with E-state index >= 15 is 0 Å². The van der Waals surface area contributed by atoms with E-state index in [1.807, 2.05) is 4.90 Å². The minimum Gasteiger partial charge on any atom is -0.493 e. The van der Waals surface area contributed by atoms with Crippen LogP contribution in [0.4, 0.5) is 0 Å². The number of hydrogen-bond donors (Lipinski definition) is 0. The highest BCUT2D eigenvalue weighted by atomic mass is 16.5. The number of benzene rings is 2. The Morgan fingerprint density at radius 2 is 1.97 bits per heavy atom. The van der Waals surface area contributed by atoms with Gasteiger partial charge in [-0.2, -0.15) is 0 Å². The summed E-state index contributed by atoms with van der Waals surface area (Å²) in [6.07, 6.45) is 3.15. The Bertz CT molecular complexity index is 877. The standard InChI is InChI=1S/C24H29NO4/c1-17-7-4-8-20(15-17)21-9-5-13-25(21)24(27)10-6-14-29-22-12-11-19(18(2)26)16-23(22)28-3/h4,7-8,11-12,15-16,21H,5-6,9-10,13-14H2,1-3H3. The number of ketones is 1. The quantitative estimate of drug-likeness (QED) is 0.479. The summed E-state index contributed by atoms with van der Waals surface area (Å²) in [6.45, 7) is 4.84. The van der Waals surface area contributed by atoms with Gasteiger partial charge in [0.25, 0.3) is 0 Å². The lowest BCUT2D eigenvalue weighted by molar-refractivity contribution is -0.132. The van der Waals surface area contributed by atoms with Crippen LogP contribution in [0, 0.1) is 6.92 Å². The number of likely N-dealkylation sites (tertiary alicyclic amines) is 1. The molecule has 1 saturated heterocycles. The molecule has 5 heteroatoms. The predicted octanol–water partition coefficient (Wildman–Crippen LogP) is 4.73. The van der Waals surface area contributed by atoms with Gasteiger partial charge in [0.2, 0.25) is 5.91 Å². The van der Waals surface area contributed by atoms with Crippen LogP contribution in [0.15, 0.2) is 42.5 Å². The summed E-state index contributed by atoms with van der Waals surface area (Å²) in [6, 6.07) is 13.8. The van der Waals surface area contributed by atoms with Crippen LogP contribution in [0.2, 0.25) is 0 Å². The van der Waals surface area contributed by atoms with Gasteiger partial charge in [-0.25, -0.2) is 0 Å². The lowest BCUT2D eigenvalue weighted by Crippen LogP contribution is -2.30. The normalized spacial score (nSPS) is 16.0. The first-order valence-corrected chi connectivity index (χ1v) is 10.2. The number of carbonyl (C=O) groups excluding carboxylic acids is 2. The lowest BCUT2D eigenvalue weighted by Gasteiger charge is -2.25. The van der Waals surface area contributed by atoms with E-state index in [2.05, 4.69) is 31.2 Å². The molecule has 1 unspecified atom stereocenters.